The average molecular weight is 214 g/mol. The first kappa shape index (κ1) is 10.4. The van der Waals surface area contributed by atoms with Crippen LogP contribution < -0.4 is 0 Å². The van der Waals surface area contributed by atoms with Crippen molar-refractivity contribution < 1.29 is 0 Å². The van der Waals surface area contributed by atoms with Gasteiger partial charge in [-0.05, 0) is 48.6 Å². The van der Waals surface area contributed by atoms with E-state index in [9.17, 15) is 0 Å². The van der Waals surface area contributed by atoms with Crippen molar-refractivity contribution in [2.75, 3.05) is 0 Å². The minimum absolute atomic E-state index is 0.886. The van der Waals surface area contributed by atoms with E-state index >= 15 is 0 Å². The third-order valence-corrected chi connectivity index (χ3v) is 4.59. The highest BCUT2D eigenvalue weighted by atomic mass is 14.3. The van der Waals surface area contributed by atoms with Crippen LogP contribution in [0.1, 0.15) is 74.3 Å². The van der Waals surface area contributed by atoms with Crippen LogP contribution in [0.15, 0.2) is 24.3 Å². The second-order valence-electron chi connectivity index (χ2n) is 5.59. The first-order valence-electron chi connectivity index (χ1n) is 7.04. The monoisotopic (exact) mass is 214 g/mol. The molecule has 0 heterocycles. The summed E-state index contributed by atoms with van der Waals surface area (Å²) in [5.74, 6) is 1.77. The maximum Gasteiger partial charge on any atom is -0.0159 e. The van der Waals surface area contributed by atoms with Gasteiger partial charge in [-0.25, -0.2) is 0 Å². The van der Waals surface area contributed by atoms with Crippen LogP contribution in [0.3, 0.4) is 0 Å². The highest BCUT2D eigenvalue weighted by Crippen LogP contribution is 2.42. The zero-order chi connectivity index (χ0) is 10.8. The van der Waals surface area contributed by atoms with Crippen molar-refractivity contribution in [2.24, 2.45) is 0 Å². The normalized spacial score (nSPS) is 23.0. The van der Waals surface area contributed by atoms with Crippen LogP contribution in [-0.4, -0.2) is 0 Å². The predicted molar refractivity (Wildman–Crippen MR) is 68.9 cm³/mol. The van der Waals surface area contributed by atoms with Crippen LogP contribution in [0.4, 0.5) is 0 Å². The standard InChI is InChI=1S/C16H22/c1-2-8-13(7-1)15-11-5-6-12-16(15)14-9-3-4-10-14/h5-6,11-14H,1-4,7-10H2. The van der Waals surface area contributed by atoms with E-state index in [1.165, 1.54) is 51.4 Å². The summed E-state index contributed by atoms with van der Waals surface area (Å²) < 4.78 is 0. The molecule has 86 valence electrons. The second kappa shape index (κ2) is 4.61. The second-order valence-corrected chi connectivity index (χ2v) is 5.59. The lowest BCUT2D eigenvalue weighted by Crippen LogP contribution is -2.02. The van der Waals surface area contributed by atoms with E-state index in [4.69, 9.17) is 0 Å². The van der Waals surface area contributed by atoms with E-state index in [0.717, 1.165) is 11.8 Å². The number of benzene rings is 1. The van der Waals surface area contributed by atoms with Crippen molar-refractivity contribution in [1.29, 1.82) is 0 Å². The fourth-order valence-electron chi connectivity index (χ4n) is 3.73. The van der Waals surface area contributed by atoms with Crippen LogP contribution in [0.25, 0.3) is 0 Å². The number of hydrogen-bond donors (Lipinski definition) is 0. The molecule has 2 fully saturated rings. The van der Waals surface area contributed by atoms with Gasteiger partial charge in [-0.15, -0.1) is 0 Å². The summed E-state index contributed by atoms with van der Waals surface area (Å²) in [6.45, 7) is 0. The SMILES string of the molecule is c1ccc(C2CCCC2)c(C2CCCC2)c1. The van der Waals surface area contributed by atoms with Crippen LogP contribution in [0.2, 0.25) is 0 Å². The van der Waals surface area contributed by atoms with Crippen LogP contribution >= 0.6 is 0 Å². The first-order valence-corrected chi connectivity index (χ1v) is 7.04. The van der Waals surface area contributed by atoms with Crippen LogP contribution in [0, 0.1) is 0 Å². The molecular weight excluding hydrogens is 192 g/mol. The van der Waals surface area contributed by atoms with Gasteiger partial charge in [0.25, 0.3) is 0 Å². The fourth-order valence-corrected chi connectivity index (χ4v) is 3.73. The number of hydrogen-bond acceptors (Lipinski definition) is 0. The van der Waals surface area contributed by atoms with Crippen molar-refractivity contribution in [3.05, 3.63) is 35.4 Å². The minimum Gasteiger partial charge on any atom is -0.0620 e. The lowest BCUT2D eigenvalue weighted by atomic mass is 9.86. The molecule has 3 rings (SSSR count). The summed E-state index contributed by atoms with van der Waals surface area (Å²) in [6, 6.07) is 9.30. The summed E-state index contributed by atoms with van der Waals surface area (Å²) in [5.41, 5.74) is 3.40. The molecular formula is C16H22. The zero-order valence-electron chi connectivity index (χ0n) is 10.1. The molecule has 0 heteroatoms. The molecule has 0 nitrogen and oxygen atoms in total. The van der Waals surface area contributed by atoms with Crippen molar-refractivity contribution in [1.82, 2.24) is 0 Å². The van der Waals surface area contributed by atoms with Gasteiger partial charge in [0.1, 0.15) is 0 Å². The van der Waals surface area contributed by atoms with E-state index in [1.807, 2.05) is 0 Å². The molecule has 2 aliphatic rings. The smallest absolute Gasteiger partial charge is 0.0159 e. The molecule has 2 aliphatic carbocycles. The third-order valence-electron chi connectivity index (χ3n) is 4.59. The Morgan fingerprint density at radius 3 is 1.38 bits per heavy atom. The molecule has 16 heavy (non-hydrogen) atoms. The largest absolute Gasteiger partial charge is 0.0620 e. The Labute approximate surface area is 99.1 Å². The van der Waals surface area contributed by atoms with Gasteiger partial charge in [0.15, 0.2) is 0 Å². The van der Waals surface area contributed by atoms with Crippen LogP contribution in [-0.2, 0) is 0 Å². The van der Waals surface area contributed by atoms with Gasteiger partial charge >= 0.3 is 0 Å². The molecule has 1 aromatic carbocycles. The van der Waals surface area contributed by atoms with Gasteiger partial charge in [-0.2, -0.15) is 0 Å². The number of rotatable bonds is 2. The summed E-state index contributed by atoms with van der Waals surface area (Å²) in [5, 5.41) is 0. The quantitative estimate of drug-likeness (QED) is 0.649. The molecule has 0 radical (unpaired) electrons. The molecule has 0 bridgehead atoms. The summed E-state index contributed by atoms with van der Waals surface area (Å²) in [4.78, 5) is 0. The fraction of sp³-hybridized carbons (Fsp3) is 0.625. The Kier molecular flexibility index (Phi) is 2.99. The maximum absolute atomic E-state index is 2.41. The lowest BCUT2D eigenvalue weighted by Gasteiger charge is -2.19. The third kappa shape index (κ3) is 1.90. The molecule has 0 aromatic heterocycles. The van der Waals surface area contributed by atoms with Crippen molar-refractivity contribution in [2.45, 2.75) is 63.2 Å². The molecule has 1 aromatic rings. The Morgan fingerprint density at radius 1 is 0.625 bits per heavy atom. The van der Waals surface area contributed by atoms with Gasteiger partial charge in [0, 0.05) is 0 Å². The van der Waals surface area contributed by atoms with Crippen molar-refractivity contribution >= 4 is 0 Å². The Bertz CT molecular complexity index is 306. The van der Waals surface area contributed by atoms with Crippen LogP contribution in [0.5, 0.6) is 0 Å². The molecule has 0 aliphatic heterocycles. The molecule has 0 saturated heterocycles. The molecule has 0 unspecified atom stereocenters. The zero-order valence-corrected chi connectivity index (χ0v) is 10.1. The van der Waals surface area contributed by atoms with E-state index < -0.39 is 0 Å². The molecule has 0 spiro atoms. The van der Waals surface area contributed by atoms with Gasteiger partial charge in [-0.1, -0.05) is 49.9 Å². The molecule has 0 amide bonds. The average Bonchev–Trinajstić information content (AvgIpc) is 3.03. The molecule has 0 N–H and O–H groups in total. The van der Waals surface area contributed by atoms with E-state index in [1.54, 1.807) is 11.1 Å². The Hall–Kier alpha value is -0.780. The van der Waals surface area contributed by atoms with E-state index in [-0.39, 0.29) is 0 Å². The van der Waals surface area contributed by atoms with Gasteiger partial charge in [0.05, 0.1) is 0 Å². The Morgan fingerprint density at radius 2 is 1.00 bits per heavy atom. The van der Waals surface area contributed by atoms with Gasteiger partial charge in [-0.3, -0.25) is 0 Å². The van der Waals surface area contributed by atoms with E-state index in [2.05, 4.69) is 24.3 Å². The Balaban J connectivity index is 1.90. The van der Waals surface area contributed by atoms with Crippen molar-refractivity contribution in [3.63, 3.8) is 0 Å². The predicted octanol–water partition coefficient (Wildman–Crippen LogP) is 5.00. The lowest BCUT2D eigenvalue weighted by molar-refractivity contribution is 0.665. The van der Waals surface area contributed by atoms with Gasteiger partial charge in [0.2, 0.25) is 0 Å². The first-order chi connectivity index (χ1) is 7.95. The maximum atomic E-state index is 2.41. The summed E-state index contributed by atoms with van der Waals surface area (Å²) >= 11 is 0. The summed E-state index contributed by atoms with van der Waals surface area (Å²) in [6.07, 6.45) is 11.5. The summed E-state index contributed by atoms with van der Waals surface area (Å²) in [7, 11) is 0. The molecule has 0 atom stereocenters. The highest BCUT2D eigenvalue weighted by Gasteiger charge is 2.24. The van der Waals surface area contributed by atoms with E-state index in [0.29, 0.717) is 0 Å². The van der Waals surface area contributed by atoms with Crippen molar-refractivity contribution in [3.8, 4) is 0 Å². The van der Waals surface area contributed by atoms with Gasteiger partial charge < -0.3 is 0 Å². The highest BCUT2D eigenvalue weighted by molar-refractivity contribution is 5.34. The topological polar surface area (TPSA) is 0 Å². The molecule has 2 saturated carbocycles. The minimum atomic E-state index is 0.886.